The molecule has 19 heavy (non-hydrogen) atoms. The van der Waals surface area contributed by atoms with E-state index in [1.165, 1.54) is 0 Å². The zero-order valence-electron chi connectivity index (χ0n) is 10.8. The van der Waals surface area contributed by atoms with Gasteiger partial charge in [-0.1, -0.05) is 12.1 Å². The normalized spacial score (nSPS) is 11.7. The van der Waals surface area contributed by atoms with Gasteiger partial charge < -0.3 is 20.3 Å². The molecular formula is C13H17NO5. The van der Waals surface area contributed by atoms with Crippen LogP contribution in [0.2, 0.25) is 0 Å². The van der Waals surface area contributed by atoms with Gasteiger partial charge in [0.25, 0.3) is 5.91 Å². The molecule has 0 aliphatic heterocycles. The van der Waals surface area contributed by atoms with E-state index < -0.39 is 24.5 Å². The van der Waals surface area contributed by atoms with Crippen LogP contribution in [0, 0.1) is 13.8 Å². The molecule has 0 saturated carbocycles. The molecule has 104 valence electrons. The summed E-state index contributed by atoms with van der Waals surface area (Å²) in [5.74, 6) is -1.31. The number of carboxylic acids is 1. The topological polar surface area (TPSA) is 95.9 Å². The molecule has 0 saturated heterocycles. The van der Waals surface area contributed by atoms with E-state index in [0.29, 0.717) is 5.75 Å². The van der Waals surface area contributed by atoms with Crippen LogP contribution in [0.4, 0.5) is 0 Å². The van der Waals surface area contributed by atoms with Crippen LogP contribution < -0.4 is 10.1 Å². The second-order valence-electron chi connectivity index (χ2n) is 4.13. The van der Waals surface area contributed by atoms with Crippen LogP contribution in [0.1, 0.15) is 11.1 Å². The predicted molar refractivity (Wildman–Crippen MR) is 68.1 cm³/mol. The van der Waals surface area contributed by atoms with Gasteiger partial charge in [-0.2, -0.15) is 0 Å². The maximum atomic E-state index is 11.5. The number of carbonyl (C=O) groups is 2. The van der Waals surface area contributed by atoms with Gasteiger partial charge in [0.1, 0.15) is 11.8 Å². The summed E-state index contributed by atoms with van der Waals surface area (Å²) in [6, 6.07) is 4.16. The molecule has 3 N–H and O–H groups in total. The van der Waals surface area contributed by atoms with Gasteiger partial charge in [0.2, 0.25) is 0 Å². The first-order valence-corrected chi connectivity index (χ1v) is 5.77. The minimum atomic E-state index is -1.31. The number of aliphatic hydroxyl groups is 1. The number of aliphatic carboxylic acids is 1. The van der Waals surface area contributed by atoms with E-state index in [0.717, 1.165) is 11.1 Å². The lowest BCUT2D eigenvalue weighted by atomic mass is 10.1. The highest BCUT2D eigenvalue weighted by atomic mass is 16.5. The summed E-state index contributed by atoms with van der Waals surface area (Å²) < 4.78 is 5.32. The van der Waals surface area contributed by atoms with Crippen molar-refractivity contribution in [2.45, 2.75) is 19.9 Å². The molecular weight excluding hydrogens is 250 g/mol. The molecule has 0 aliphatic rings. The average Bonchev–Trinajstić information content (AvgIpc) is 2.37. The van der Waals surface area contributed by atoms with Crippen LogP contribution in [0.25, 0.3) is 0 Å². The van der Waals surface area contributed by atoms with Gasteiger partial charge in [0, 0.05) is 0 Å². The van der Waals surface area contributed by atoms with Crippen molar-refractivity contribution < 1.29 is 24.5 Å². The molecule has 1 rings (SSSR count). The minimum absolute atomic E-state index is 0.298. The van der Waals surface area contributed by atoms with Gasteiger partial charge in [0.05, 0.1) is 6.61 Å². The van der Waals surface area contributed by atoms with Crippen LogP contribution in [-0.2, 0) is 9.59 Å². The van der Waals surface area contributed by atoms with Gasteiger partial charge in [-0.3, -0.25) is 4.79 Å². The van der Waals surface area contributed by atoms with Crippen molar-refractivity contribution in [3.05, 3.63) is 29.3 Å². The Hall–Kier alpha value is -2.08. The lowest BCUT2D eigenvalue weighted by Crippen LogP contribution is -2.45. The van der Waals surface area contributed by atoms with Crippen molar-refractivity contribution in [2.24, 2.45) is 0 Å². The lowest BCUT2D eigenvalue weighted by Gasteiger charge is -2.13. The van der Waals surface area contributed by atoms with Crippen LogP contribution in [0.15, 0.2) is 18.2 Å². The zero-order valence-corrected chi connectivity index (χ0v) is 10.8. The zero-order chi connectivity index (χ0) is 14.4. The molecule has 0 bridgehead atoms. The summed E-state index contributed by atoms with van der Waals surface area (Å²) in [5, 5.41) is 19.6. The molecule has 6 nitrogen and oxygen atoms in total. The van der Waals surface area contributed by atoms with E-state index in [1.54, 1.807) is 6.07 Å². The Morgan fingerprint density at radius 3 is 2.63 bits per heavy atom. The first-order valence-electron chi connectivity index (χ1n) is 5.77. The van der Waals surface area contributed by atoms with Crippen molar-refractivity contribution in [1.82, 2.24) is 5.32 Å². The van der Waals surface area contributed by atoms with E-state index in [2.05, 4.69) is 5.32 Å². The first kappa shape index (κ1) is 15.0. The molecule has 0 radical (unpaired) electrons. The quantitative estimate of drug-likeness (QED) is 0.686. The maximum Gasteiger partial charge on any atom is 0.328 e. The molecule has 0 aromatic heterocycles. The summed E-state index contributed by atoms with van der Waals surface area (Å²) in [5.41, 5.74) is 1.96. The third-order valence-electron chi connectivity index (χ3n) is 2.73. The van der Waals surface area contributed by atoms with Crippen molar-refractivity contribution in [1.29, 1.82) is 0 Å². The highest BCUT2D eigenvalue weighted by Crippen LogP contribution is 2.20. The standard InChI is InChI=1S/C13H17NO5/c1-8-4-3-5-11(9(8)2)19-7-12(16)14-10(6-15)13(17)18/h3-5,10,15H,6-7H2,1-2H3,(H,14,16)(H,17,18)/t10-/m0/s1. The maximum absolute atomic E-state index is 11.5. The Morgan fingerprint density at radius 2 is 2.05 bits per heavy atom. The highest BCUT2D eigenvalue weighted by molar-refractivity contribution is 5.84. The largest absolute Gasteiger partial charge is 0.483 e. The highest BCUT2D eigenvalue weighted by Gasteiger charge is 2.18. The second kappa shape index (κ2) is 6.75. The van der Waals surface area contributed by atoms with Crippen LogP contribution in [0.5, 0.6) is 5.75 Å². The predicted octanol–water partition coefficient (Wildman–Crippen LogP) is 0.244. The molecule has 1 atom stereocenters. The van der Waals surface area contributed by atoms with Crippen LogP contribution in [0.3, 0.4) is 0 Å². The minimum Gasteiger partial charge on any atom is -0.483 e. The fraction of sp³-hybridized carbons (Fsp3) is 0.385. The third-order valence-corrected chi connectivity index (χ3v) is 2.73. The Kier molecular flexibility index (Phi) is 5.32. The average molecular weight is 267 g/mol. The monoisotopic (exact) mass is 267 g/mol. The van der Waals surface area contributed by atoms with E-state index >= 15 is 0 Å². The Labute approximate surface area is 111 Å². The van der Waals surface area contributed by atoms with E-state index in [4.69, 9.17) is 14.9 Å². The summed E-state index contributed by atoms with van der Waals surface area (Å²) in [4.78, 5) is 22.1. The Morgan fingerprint density at radius 1 is 1.37 bits per heavy atom. The lowest BCUT2D eigenvalue weighted by molar-refractivity contribution is -0.143. The number of aryl methyl sites for hydroxylation is 1. The van der Waals surface area contributed by atoms with Crippen molar-refractivity contribution in [3.8, 4) is 5.75 Å². The van der Waals surface area contributed by atoms with Crippen LogP contribution in [-0.4, -0.2) is 41.3 Å². The number of aliphatic hydroxyl groups excluding tert-OH is 1. The number of hydrogen-bond acceptors (Lipinski definition) is 4. The Balaban J connectivity index is 2.55. The molecule has 1 aromatic carbocycles. The molecule has 1 amide bonds. The summed E-state index contributed by atoms with van der Waals surface area (Å²) in [6.45, 7) is 2.84. The van der Waals surface area contributed by atoms with E-state index in [-0.39, 0.29) is 6.61 Å². The van der Waals surface area contributed by atoms with Gasteiger partial charge in [0.15, 0.2) is 6.61 Å². The fourth-order valence-electron chi connectivity index (χ4n) is 1.45. The Bertz CT molecular complexity index is 472. The smallest absolute Gasteiger partial charge is 0.328 e. The third kappa shape index (κ3) is 4.26. The van der Waals surface area contributed by atoms with E-state index in [9.17, 15) is 9.59 Å². The number of carboxylic acid groups (broad SMARTS) is 1. The second-order valence-corrected chi connectivity index (χ2v) is 4.13. The SMILES string of the molecule is Cc1cccc(OCC(=O)N[C@@H](CO)C(=O)O)c1C. The van der Waals surface area contributed by atoms with Crippen molar-refractivity contribution in [3.63, 3.8) is 0 Å². The molecule has 1 aromatic rings. The van der Waals surface area contributed by atoms with Crippen molar-refractivity contribution >= 4 is 11.9 Å². The van der Waals surface area contributed by atoms with Gasteiger partial charge >= 0.3 is 5.97 Å². The van der Waals surface area contributed by atoms with Gasteiger partial charge in [-0.25, -0.2) is 4.79 Å². The molecule has 0 heterocycles. The fourth-order valence-corrected chi connectivity index (χ4v) is 1.45. The molecule has 0 fully saturated rings. The number of rotatable bonds is 6. The van der Waals surface area contributed by atoms with Crippen LogP contribution >= 0.6 is 0 Å². The van der Waals surface area contributed by atoms with Gasteiger partial charge in [-0.05, 0) is 31.0 Å². The summed E-state index contributed by atoms with van der Waals surface area (Å²) in [6.07, 6.45) is 0. The molecule has 6 heteroatoms. The van der Waals surface area contributed by atoms with E-state index in [1.807, 2.05) is 26.0 Å². The number of carbonyl (C=O) groups excluding carboxylic acids is 1. The number of hydrogen-bond donors (Lipinski definition) is 3. The molecule has 0 aliphatic carbocycles. The number of nitrogens with one attached hydrogen (secondary N) is 1. The number of amides is 1. The van der Waals surface area contributed by atoms with Crippen molar-refractivity contribution in [2.75, 3.05) is 13.2 Å². The summed E-state index contributed by atoms with van der Waals surface area (Å²) >= 11 is 0. The first-order chi connectivity index (χ1) is 8.95. The molecule has 0 spiro atoms. The number of ether oxygens (including phenoxy) is 1. The van der Waals surface area contributed by atoms with Gasteiger partial charge in [-0.15, -0.1) is 0 Å². The number of benzene rings is 1. The summed E-state index contributed by atoms with van der Waals surface area (Å²) in [7, 11) is 0. The molecule has 0 unspecified atom stereocenters.